The summed E-state index contributed by atoms with van der Waals surface area (Å²) in [5.74, 6) is 0.196. The number of nitrogens with zero attached hydrogens (tertiary/aromatic N) is 3. The molecule has 0 bridgehead atoms. The third-order valence-electron chi connectivity index (χ3n) is 3.44. The summed E-state index contributed by atoms with van der Waals surface area (Å²) in [7, 11) is 2.11. The molecule has 1 atom stereocenters. The van der Waals surface area contributed by atoms with Crippen molar-refractivity contribution in [2.75, 3.05) is 37.3 Å². The molecule has 2 rings (SSSR count). The summed E-state index contributed by atoms with van der Waals surface area (Å²) >= 11 is 1.31. The van der Waals surface area contributed by atoms with Crippen LogP contribution in [0.5, 0.6) is 0 Å². The number of nitrogen functional groups attached to an aromatic ring is 1. The monoisotopic (exact) mass is 297 g/mol. The predicted octanol–water partition coefficient (Wildman–Crippen LogP) is 1.00. The van der Waals surface area contributed by atoms with Gasteiger partial charge in [0.25, 0.3) is 5.91 Å². The van der Waals surface area contributed by atoms with E-state index in [-0.39, 0.29) is 11.9 Å². The molecule has 1 saturated heterocycles. The zero-order valence-electron chi connectivity index (χ0n) is 12.5. The molecule has 112 valence electrons. The number of nitrogens with one attached hydrogen (secondary N) is 1. The van der Waals surface area contributed by atoms with Gasteiger partial charge in [0.1, 0.15) is 10.6 Å². The Kier molecular flexibility index (Phi) is 4.49. The molecule has 0 radical (unpaired) electrons. The minimum absolute atomic E-state index is 0.0829. The summed E-state index contributed by atoms with van der Waals surface area (Å²) in [5.41, 5.74) is 6.43. The summed E-state index contributed by atoms with van der Waals surface area (Å²) < 4.78 is 4.18. The van der Waals surface area contributed by atoms with Crippen molar-refractivity contribution < 1.29 is 4.79 Å². The Bertz CT molecular complexity index is 487. The molecule has 2 heterocycles. The fraction of sp³-hybridized carbons (Fsp3) is 0.692. The highest BCUT2D eigenvalue weighted by molar-refractivity contribution is 7.11. The average molecular weight is 297 g/mol. The standard InChI is InChI=1S/C13H23N5OS/c1-8(2)15-12(19)10-11(14)16-20-13(10)18-6-5-17(4)7-9(18)3/h8-9H,5-7H2,1-4H3,(H2,14,16)(H,15,19). The lowest BCUT2D eigenvalue weighted by molar-refractivity contribution is 0.0944. The minimum Gasteiger partial charge on any atom is -0.382 e. The van der Waals surface area contributed by atoms with Gasteiger partial charge in [-0.2, -0.15) is 4.37 Å². The highest BCUT2D eigenvalue weighted by Crippen LogP contribution is 2.33. The van der Waals surface area contributed by atoms with E-state index in [1.807, 2.05) is 13.8 Å². The lowest BCUT2D eigenvalue weighted by atomic mass is 10.1. The van der Waals surface area contributed by atoms with Crippen LogP contribution in [0.4, 0.5) is 10.8 Å². The number of hydrogen-bond acceptors (Lipinski definition) is 6. The number of carbonyl (C=O) groups excluding carboxylic acids is 1. The molecule has 20 heavy (non-hydrogen) atoms. The van der Waals surface area contributed by atoms with Crippen molar-refractivity contribution in [1.82, 2.24) is 14.6 Å². The van der Waals surface area contributed by atoms with Crippen LogP contribution in [0, 0.1) is 0 Å². The molecule has 0 aromatic carbocycles. The first-order valence-electron chi connectivity index (χ1n) is 6.91. The number of likely N-dealkylation sites (N-methyl/N-ethyl adjacent to an activating group) is 1. The summed E-state index contributed by atoms with van der Waals surface area (Å²) in [6.07, 6.45) is 0. The maximum absolute atomic E-state index is 12.3. The first-order chi connectivity index (χ1) is 9.40. The number of anilines is 2. The maximum Gasteiger partial charge on any atom is 0.258 e. The molecular formula is C13H23N5OS. The zero-order valence-corrected chi connectivity index (χ0v) is 13.3. The van der Waals surface area contributed by atoms with E-state index in [2.05, 4.69) is 33.5 Å². The average Bonchev–Trinajstić information content (AvgIpc) is 2.70. The van der Waals surface area contributed by atoms with Crippen LogP contribution in [0.1, 0.15) is 31.1 Å². The normalized spacial score (nSPS) is 20.4. The van der Waals surface area contributed by atoms with Crippen molar-refractivity contribution >= 4 is 28.3 Å². The number of carbonyl (C=O) groups is 1. The molecule has 7 heteroatoms. The highest BCUT2D eigenvalue weighted by atomic mass is 32.1. The van der Waals surface area contributed by atoms with Gasteiger partial charge >= 0.3 is 0 Å². The Labute approximate surface area is 124 Å². The quantitative estimate of drug-likeness (QED) is 0.871. The van der Waals surface area contributed by atoms with E-state index in [1.54, 1.807) is 0 Å². The molecule has 1 aliphatic rings. The number of hydrogen-bond donors (Lipinski definition) is 2. The van der Waals surface area contributed by atoms with Crippen LogP contribution in [0.2, 0.25) is 0 Å². The van der Waals surface area contributed by atoms with E-state index in [0.717, 1.165) is 24.6 Å². The zero-order chi connectivity index (χ0) is 14.9. The Morgan fingerprint density at radius 3 is 2.80 bits per heavy atom. The molecule has 1 amide bonds. The van der Waals surface area contributed by atoms with Gasteiger partial charge in [-0.15, -0.1) is 0 Å². The Morgan fingerprint density at radius 1 is 1.50 bits per heavy atom. The van der Waals surface area contributed by atoms with Crippen molar-refractivity contribution in [3.63, 3.8) is 0 Å². The summed E-state index contributed by atoms with van der Waals surface area (Å²) in [6, 6.07) is 0.429. The van der Waals surface area contributed by atoms with Crippen molar-refractivity contribution in [3.05, 3.63) is 5.56 Å². The van der Waals surface area contributed by atoms with E-state index in [9.17, 15) is 4.79 Å². The fourth-order valence-electron chi connectivity index (χ4n) is 2.48. The number of nitrogens with two attached hydrogens (primary N) is 1. The van der Waals surface area contributed by atoms with E-state index < -0.39 is 0 Å². The van der Waals surface area contributed by atoms with Crippen LogP contribution in [0.15, 0.2) is 0 Å². The van der Waals surface area contributed by atoms with E-state index >= 15 is 0 Å². The summed E-state index contributed by atoms with van der Waals surface area (Å²) in [5, 5.41) is 3.79. The van der Waals surface area contributed by atoms with Gasteiger partial charge in [-0.05, 0) is 39.4 Å². The Balaban J connectivity index is 2.26. The Hall–Kier alpha value is -1.34. The molecule has 1 aromatic heterocycles. The van der Waals surface area contributed by atoms with Gasteiger partial charge in [0.2, 0.25) is 0 Å². The van der Waals surface area contributed by atoms with Gasteiger partial charge in [0.05, 0.1) is 0 Å². The van der Waals surface area contributed by atoms with Crippen molar-refractivity contribution in [1.29, 1.82) is 0 Å². The molecule has 1 unspecified atom stereocenters. The first kappa shape index (κ1) is 15.1. The van der Waals surface area contributed by atoms with Crippen LogP contribution >= 0.6 is 11.5 Å². The van der Waals surface area contributed by atoms with E-state index in [0.29, 0.717) is 17.4 Å². The van der Waals surface area contributed by atoms with Crippen molar-refractivity contribution in [2.24, 2.45) is 0 Å². The van der Waals surface area contributed by atoms with Crippen LogP contribution in [-0.2, 0) is 0 Å². The molecule has 1 aliphatic heterocycles. The van der Waals surface area contributed by atoms with Crippen LogP contribution in [0.3, 0.4) is 0 Å². The largest absolute Gasteiger partial charge is 0.382 e. The molecule has 0 aliphatic carbocycles. The van der Waals surface area contributed by atoms with Crippen molar-refractivity contribution in [2.45, 2.75) is 32.9 Å². The van der Waals surface area contributed by atoms with Gasteiger partial charge < -0.3 is 20.9 Å². The van der Waals surface area contributed by atoms with E-state index in [1.165, 1.54) is 11.5 Å². The summed E-state index contributed by atoms with van der Waals surface area (Å²) in [6.45, 7) is 8.88. The molecule has 6 nitrogen and oxygen atoms in total. The number of piperazine rings is 1. The SMILES string of the molecule is CC(C)NC(=O)c1c(N)nsc1N1CCN(C)CC1C. The first-order valence-corrected chi connectivity index (χ1v) is 7.68. The summed E-state index contributed by atoms with van der Waals surface area (Å²) in [4.78, 5) is 16.8. The third-order valence-corrected chi connectivity index (χ3v) is 4.34. The number of rotatable bonds is 3. The number of aromatic nitrogens is 1. The smallest absolute Gasteiger partial charge is 0.258 e. The van der Waals surface area contributed by atoms with Gasteiger partial charge in [0, 0.05) is 31.7 Å². The molecule has 0 spiro atoms. The lowest BCUT2D eigenvalue weighted by Gasteiger charge is -2.39. The van der Waals surface area contributed by atoms with Crippen LogP contribution < -0.4 is 16.0 Å². The second-order valence-electron chi connectivity index (χ2n) is 5.68. The van der Waals surface area contributed by atoms with E-state index in [4.69, 9.17) is 5.73 Å². The van der Waals surface area contributed by atoms with Gasteiger partial charge in [-0.3, -0.25) is 4.79 Å². The topological polar surface area (TPSA) is 74.5 Å². The van der Waals surface area contributed by atoms with Crippen molar-refractivity contribution in [3.8, 4) is 0 Å². The lowest BCUT2D eigenvalue weighted by Crippen LogP contribution is -2.50. The molecular weight excluding hydrogens is 274 g/mol. The molecule has 1 fully saturated rings. The third kappa shape index (κ3) is 3.04. The molecule has 3 N–H and O–H groups in total. The molecule has 0 saturated carbocycles. The minimum atomic E-state index is -0.132. The number of amides is 1. The fourth-order valence-corrected chi connectivity index (χ4v) is 3.42. The van der Waals surface area contributed by atoms with Gasteiger partial charge in [0.15, 0.2) is 5.82 Å². The maximum atomic E-state index is 12.3. The second kappa shape index (κ2) is 5.97. The highest BCUT2D eigenvalue weighted by Gasteiger charge is 2.29. The van der Waals surface area contributed by atoms with Gasteiger partial charge in [-0.25, -0.2) is 0 Å². The van der Waals surface area contributed by atoms with Crippen LogP contribution in [0.25, 0.3) is 0 Å². The second-order valence-corrected chi connectivity index (χ2v) is 6.43. The molecule has 1 aromatic rings. The predicted molar refractivity (Wildman–Crippen MR) is 83.4 cm³/mol. The van der Waals surface area contributed by atoms with Gasteiger partial charge in [-0.1, -0.05) is 0 Å². The van der Waals surface area contributed by atoms with Crippen LogP contribution in [-0.4, -0.2) is 53.9 Å². The Morgan fingerprint density at radius 2 is 2.20 bits per heavy atom.